The van der Waals surface area contributed by atoms with E-state index in [0.717, 1.165) is 77.0 Å². The molecule has 0 aromatic carbocycles. The van der Waals surface area contributed by atoms with Gasteiger partial charge in [-0.15, -0.1) is 0 Å². The number of amides is 1. The van der Waals surface area contributed by atoms with Crippen molar-refractivity contribution in [2.45, 2.75) is 251 Å². The minimum absolute atomic E-state index is 0.0598. The van der Waals surface area contributed by atoms with Crippen LogP contribution in [0.2, 0.25) is 0 Å². The Morgan fingerprint density at radius 3 is 1.40 bits per heavy atom. The van der Waals surface area contributed by atoms with Gasteiger partial charge >= 0.3 is 5.97 Å². The van der Waals surface area contributed by atoms with Crippen molar-refractivity contribution >= 4 is 11.9 Å². The highest BCUT2D eigenvalue weighted by molar-refractivity contribution is 5.78. The SMILES string of the molecule is CC/C=C/C/C=C/C/C=C/C/C=C/C/C=C/C(CC(=O)NC(CO)C(O)CCCCCCCCCCCCCCC)OC(=O)CCCCC/C=C/C=C/CCCCCCCCC. The maximum atomic E-state index is 13.2. The number of esters is 1. The summed E-state index contributed by atoms with van der Waals surface area (Å²) >= 11 is 0. The summed E-state index contributed by atoms with van der Waals surface area (Å²) in [5.74, 6) is -0.663. The van der Waals surface area contributed by atoms with Crippen molar-refractivity contribution in [2.24, 2.45) is 0 Å². The summed E-state index contributed by atoms with van der Waals surface area (Å²) in [6, 6.07) is -0.751. The molecule has 0 saturated heterocycles. The van der Waals surface area contributed by atoms with Gasteiger partial charge in [0, 0.05) is 6.42 Å². The number of nitrogens with one attached hydrogen (secondary N) is 1. The lowest BCUT2D eigenvalue weighted by atomic mass is 10.0. The fraction of sp³-hybridized carbons (Fsp3) is 0.714. The van der Waals surface area contributed by atoms with Crippen molar-refractivity contribution < 1.29 is 24.5 Å². The number of hydrogen-bond donors (Lipinski definition) is 3. The number of unbranched alkanes of at least 4 members (excludes halogenated alkanes) is 22. The molecule has 0 radical (unpaired) electrons. The van der Waals surface area contributed by atoms with Gasteiger partial charge in [0.25, 0.3) is 0 Å². The zero-order chi connectivity index (χ0) is 45.2. The van der Waals surface area contributed by atoms with E-state index >= 15 is 0 Å². The van der Waals surface area contributed by atoms with Crippen LogP contribution in [0, 0.1) is 0 Å². The average Bonchev–Trinajstić information content (AvgIpc) is 3.26. The van der Waals surface area contributed by atoms with Gasteiger partial charge in [-0.2, -0.15) is 0 Å². The highest BCUT2D eigenvalue weighted by Gasteiger charge is 2.23. The van der Waals surface area contributed by atoms with Crippen molar-refractivity contribution in [1.82, 2.24) is 5.32 Å². The number of hydrogen-bond acceptors (Lipinski definition) is 5. The van der Waals surface area contributed by atoms with E-state index in [1.807, 2.05) is 6.08 Å². The van der Waals surface area contributed by atoms with Crippen LogP contribution in [0.1, 0.15) is 233 Å². The minimum Gasteiger partial charge on any atom is -0.458 e. The molecule has 0 aliphatic rings. The minimum atomic E-state index is -0.827. The lowest BCUT2D eigenvalue weighted by molar-refractivity contribution is -0.148. The van der Waals surface area contributed by atoms with Gasteiger partial charge in [0.15, 0.2) is 0 Å². The van der Waals surface area contributed by atoms with E-state index in [9.17, 15) is 19.8 Å². The van der Waals surface area contributed by atoms with Gasteiger partial charge in [0.2, 0.25) is 5.91 Å². The predicted molar refractivity (Wildman–Crippen MR) is 268 cm³/mol. The number of allylic oxidation sites excluding steroid dienone is 13. The first kappa shape index (κ1) is 59.0. The molecule has 3 atom stereocenters. The molecule has 0 spiro atoms. The summed E-state index contributed by atoms with van der Waals surface area (Å²) in [6.07, 6.45) is 63.9. The van der Waals surface area contributed by atoms with Gasteiger partial charge in [0.1, 0.15) is 6.10 Å². The topological polar surface area (TPSA) is 95.9 Å². The van der Waals surface area contributed by atoms with Crippen molar-refractivity contribution in [3.05, 3.63) is 85.1 Å². The third-order valence-electron chi connectivity index (χ3n) is 11.2. The molecular weight excluding hydrogens is 767 g/mol. The third kappa shape index (κ3) is 43.7. The lowest BCUT2D eigenvalue weighted by Crippen LogP contribution is -2.46. The van der Waals surface area contributed by atoms with Crippen molar-refractivity contribution in [3.8, 4) is 0 Å². The van der Waals surface area contributed by atoms with Gasteiger partial charge in [-0.25, -0.2) is 0 Å². The van der Waals surface area contributed by atoms with Crippen LogP contribution in [-0.4, -0.2) is 46.9 Å². The zero-order valence-corrected chi connectivity index (χ0v) is 40.5. The number of rotatable bonds is 45. The molecule has 0 saturated carbocycles. The standard InChI is InChI=1S/C56H97NO5/c1-4-7-10-13-16-19-22-25-27-28-31-34-37-40-43-46-49-56(61)62-52(47-44-41-38-35-32-30-26-23-20-17-14-11-8-5-2)50-55(60)57-53(51-58)54(59)48-45-42-39-36-33-29-24-21-18-15-12-9-6-3/h8,11,17,20,26-28,30-31,34-35,38,44,47,52-54,58-59H,4-7,9-10,12-16,18-19,21-25,29,32-33,36-37,39-43,45-46,48-51H2,1-3H3,(H,57,60)/b11-8+,20-17+,28-27+,30-26+,34-31+,38-35+,47-44+. The maximum absolute atomic E-state index is 13.2. The van der Waals surface area contributed by atoms with Crippen LogP contribution in [0.5, 0.6) is 0 Å². The molecule has 356 valence electrons. The van der Waals surface area contributed by atoms with Gasteiger partial charge in [-0.05, 0) is 76.7 Å². The Morgan fingerprint density at radius 2 is 0.935 bits per heavy atom. The highest BCUT2D eigenvalue weighted by atomic mass is 16.5. The first-order valence-corrected chi connectivity index (χ1v) is 25.8. The van der Waals surface area contributed by atoms with Crippen LogP contribution >= 0.6 is 0 Å². The van der Waals surface area contributed by atoms with E-state index in [0.29, 0.717) is 19.3 Å². The van der Waals surface area contributed by atoms with E-state index in [-0.39, 0.29) is 24.9 Å². The summed E-state index contributed by atoms with van der Waals surface area (Å²) < 4.78 is 5.81. The van der Waals surface area contributed by atoms with Crippen LogP contribution in [0.4, 0.5) is 0 Å². The van der Waals surface area contributed by atoms with Crippen molar-refractivity contribution in [1.29, 1.82) is 0 Å². The summed E-state index contributed by atoms with van der Waals surface area (Å²) in [4.78, 5) is 26.1. The van der Waals surface area contributed by atoms with E-state index in [4.69, 9.17) is 4.74 Å². The molecule has 0 aliphatic carbocycles. The van der Waals surface area contributed by atoms with Crippen LogP contribution < -0.4 is 5.32 Å². The van der Waals surface area contributed by atoms with Crippen LogP contribution in [0.3, 0.4) is 0 Å². The molecule has 0 aromatic rings. The van der Waals surface area contributed by atoms with E-state index in [1.165, 1.54) is 109 Å². The molecule has 3 unspecified atom stereocenters. The second kappa shape index (κ2) is 49.1. The Labute approximate surface area is 383 Å². The molecule has 0 heterocycles. The van der Waals surface area contributed by atoms with E-state index in [1.54, 1.807) is 6.08 Å². The monoisotopic (exact) mass is 864 g/mol. The smallest absolute Gasteiger partial charge is 0.306 e. The maximum Gasteiger partial charge on any atom is 0.306 e. The summed E-state index contributed by atoms with van der Waals surface area (Å²) in [5.41, 5.74) is 0. The van der Waals surface area contributed by atoms with Crippen LogP contribution in [-0.2, 0) is 14.3 Å². The molecular formula is C56H97NO5. The molecule has 1 amide bonds. The number of aliphatic hydroxyl groups is 2. The van der Waals surface area contributed by atoms with Gasteiger partial charge in [-0.1, -0.05) is 228 Å². The Balaban J connectivity index is 4.77. The molecule has 0 aromatic heterocycles. The number of ether oxygens (including phenoxy) is 1. The Morgan fingerprint density at radius 1 is 0.516 bits per heavy atom. The van der Waals surface area contributed by atoms with Crippen LogP contribution in [0.25, 0.3) is 0 Å². The van der Waals surface area contributed by atoms with Crippen molar-refractivity contribution in [3.63, 3.8) is 0 Å². The number of carbonyl (C=O) groups is 2. The molecule has 0 rings (SSSR count). The first-order chi connectivity index (χ1) is 30.5. The fourth-order valence-electron chi connectivity index (χ4n) is 7.32. The molecule has 3 N–H and O–H groups in total. The molecule has 62 heavy (non-hydrogen) atoms. The number of aliphatic hydroxyl groups excluding tert-OH is 2. The van der Waals surface area contributed by atoms with Crippen LogP contribution in [0.15, 0.2) is 85.1 Å². The zero-order valence-electron chi connectivity index (χ0n) is 40.5. The Kier molecular flexibility index (Phi) is 46.7. The fourth-order valence-corrected chi connectivity index (χ4v) is 7.32. The predicted octanol–water partition coefficient (Wildman–Crippen LogP) is 15.6. The molecule has 0 bridgehead atoms. The van der Waals surface area contributed by atoms with Crippen molar-refractivity contribution in [2.75, 3.05) is 6.61 Å². The third-order valence-corrected chi connectivity index (χ3v) is 11.2. The second-order valence-electron chi connectivity index (χ2n) is 17.2. The molecule has 0 aliphatic heterocycles. The first-order valence-electron chi connectivity index (χ1n) is 25.8. The van der Waals surface area contributed by atoms with Gasteiger partial charge in [-0.3, -0.25) is 9.59 Å². The normalized spacial score (nSPS) is 14.0. The largest absolute Gasteiger partial charge is 0.458 e. The summed E-state index contributed by atoms with van der Waals surface area (Å²) in [6.45, 7) is 6.32. The number of carbonyl (C=O) groups excluding carboxylic acids is 2. The molecule has 6 heteroatoms. The molecule has 6 nitrogen and oxygen atoms in total. The molecule has 0 fully saturated rings. The Hall–Kier alpha value is -2.96. The Bertz CT molecular complexity index is 1200. The van der Waals surface area contributed by atoms with Gasteiger partial charge in [0.05, 0.1) is 25.2 Å². The lowest BCUT2D eigenvalue weighted by Gasteiger charge is -2.23. The van der Waals surface area contributed by atoms with E-state index < -0.39 is 18.2 Å². The van der Waals surface area contributed by atoms with E-state index in [2.05, 4.69) is 99.0 Å². The second-order valence-corrected chi connectivity index (χ2v) is 17.2. The summed E-state index contributed by atoms with van der Waals surface area (Å²) in [5, 5.41) is 23.7. The quantitative estimate of drug-likeness (QED) is 0.0245. The highest BCUT2D eigenvalue weighted by Crippen LogP contribution is 2.15. The summed E-state index contributed by atoms with van der Waals surface area (Å²) in [7, 11) is 0. The van der Waals surface area contributed by atoms with Gasteiger partial charge < -0.3 is 20.3 Å². The average molecular weight is 864 g/mol.